The van der Waals surface area contributed by atoms with Crippen LogP contribution in [0, 0.1) is 0 Å². The van der Waals surface area contributed by atoms with Gasteiger partial charge in [0.05, 0.1) is 0 Å². The van der Waals surface area contributed by atoms with E-state index in [2.05, 4.69) is 10.1 Å². The average Bonchev–Trinajstić information content (AvgIpc) is 2.81. The van der Waals surface area contributed by atoms with Gasteiger partial charge in [0.1, 0.15) is 0 Å². The van der Waals surface area contributed by atoms with E-state index in [0.29, 0.717) is 22.5 Å². The molecule has 0 saturated heterocycles. The predicted octanol–water partition coefficient (Wildman–Crippen LogP) is 2.52. The number of hydrogen-bond acceptors (Lipinski definition) is 3. The monoisotopic (exact) mass is 283 g/mol. The first-order valence-corrected chi connectivity index (χ1v) is 5.38. The van der Waals surface area contributed by atoms with Crippen LogP contribution in [0.25, 0.3) is 17.6 Å². The average molecular weight is 283 g/mol. The van der Waals surface area contributed by atoms with Crippen LogP contribution in [0.15, 0.2) is 36.4 Å². The summed E-state index contributed by atoms with van der Waals surface area (Å²) >= 11 is 0. The van der Waals surface area contributed by atoms with Crippen LogP contribution in [0.4, 0.5) is 13.2 Å². The Bertz CT molecular complexity index is 648. The number of carbonyl (C=O) groups is 1. The van der Waals surface area contributed by atoms with Gasteiger partial charge in [0, 0.05) is 17.8 Å². The first-order chi connectivity index (χ1) is 9.38. The fraction of sp³-hybridized carbons (Fsp3) is 0.0833. The van der Waals surface area contributed by atoms with Crippen molar-refractivity contribution in [1.82, 2.24) is 14.8 Å². The molecule has 1 aromatic carbocycles. The van der Waals surface area contributed by atoms with Gasteiger partial charge in [0.15, 0.2) is 5.82 Å². The van der Waals surface area contributed by atoms with Gasteiger partial charge in [-0.2, -0.15) is 13.2 Å². The van der Waals surface area contributed by atoms with E-state index in [1.165, 1.54) is 0 Å². The molecule has 0 saturated carbocycles. The lowest BCUT2D eigenvalue weighted by molar-refractivity contribution is -0.146. The Hall–Kier alpha value is -2.64. The minimum absolute atomic E-state index is 0.132. The lowest BCUT2D eigenvalue weighted by Crippen LogP contribution is -2.12. The van der Waals surface area contributed by atoms with Crippen LogP contribution in [-0.4, -0.2) is 25.8 Å². The Kier molecular flexibility index (Phi) is 3.55. The summed E-state index contributed by atoms with van der Waals surface area (Å²) in [5.74, 6) is -2.79. The van der Waals surface area contributed by atoms with Gasteiger partial charge in [-0.05, 0) is 0 Å². The minimum atomic E-state index is -4.73. The van der Waals surface area contributed by atoms with Crippen molar-refractivity contribution >= 4 is 12.2 Å². The number of nitrogens with zero attached hydrogens (tertiary/aromatic N) is 3. The molecule has 0 atom stereocenters. The third-order valence-corrected chi connectivity index (χ3v) is 2.28. The van der Waals surface area contributed by atoms with Crippen molar-refractivity contribution in [1.29, 1.82) is 0 Å². The van der Waals surface area contributed by atoms with E-state index in [1.54, 1.807) is 30.3 Å². The van der Waals surface area contributed by atoms with E-state index >= 15 is 0 Å². The summed E-state index contributed by atoms with van der Waals surface area (Å²) in [4.78, 5) is 13.8. The Labute approximate surface area is 111 Å². The summed E-state index contributed by atoms with van der Waals surface area (Å²) in [6.07, 6.45) is -3.48. The molecule has 0 unspecified atom stereocenters. The molecule has 104 valence electrons. The van der Waals surface area contributed by atoms with Crippen LogP contribution in [-0.2, 0) is 11.0 Å². The number of aliphatic carboxylic acids is 1. The van der Waals surface area contributed by atoms with Gasteiger partial charge in [-0.25, -0.2) is 14.5 Å². The Morgan fingerprint density at radius 3 is 2.45 bits per heavy atom. The molecule has 5 nitrogen and oxygen atoms in total. The lowest BCUT2D eigenvalue weighted by Gasteiger charge is -2.03. The second-order valence-corrected chi connectivity index (χ2v) is 3.72. The van der Waals surface area contributed by atoms with Gasteiger partial charge >= 0.3 is 12.1 Å². The number of carboxylic acid groups (broad SMARTS) is 1. The van der Waals surface area contributed by atoms with Gasteiger partial charge in [0.25, 0.3) is 0 Å². The van der Waals surface area contributed by atoms with Crippen LogP contribution >= 0.6 is 0 Å². The molecular formula is C12H8F3N3O2. The normalized spacial score (nSPS) is 11.9. The standard InChI is InChI=1S/C12H8F3N3O2/c13-12(14,15)11-16-10(8-4-2-1-3-5-8)17-18(11)7-6-9(19)20/h1-7H,(H,19,20). The van der Waals surface area contributed by atoms with Crippen molar-refractivity contribution in [3.63, 3.8) is 0 Å². The van der Waals surface area contributed by atoms with Crippen LogP contribution in [0.2, 0.25) is 0 Å². The van der Waals surface area contributed by atoms with Gasteiger partial charge in [-0.15, -0.1) is 5.10 Å². The number of carboxylic acids is 1. The molecule has 0 bridgehead atoms. The van der Waals surface area contributed by atoms with Gasteiger partial charge < -0.3 is 5.11 Å². The highest BCUT2D eigenvalue weighted by molar-refractivity contribution is 5.83. The highest BCUT2D eigenvalue weighted by atomic mass is 19.4. The topological polar surface area (TPSA) is 68.0 Å². The van der Waals surface area contributed by atoms with Crippen molar-refractivity contribution in [2.45, 2.75) is 6.18 Å². The lowest BCUT2D eigenvalue weighted by atomic mass is 10.2. The molecule has 1 heterocycles. The van der Waals surface area contributed by atoms with Crippen molar-refractivity contribution in [2.75, 3.05) is 0 Å². The summed E-state index contributed by atoms with van der Waals surface area (Å²) in [5, 5.41) is 12.1. The molecule has 2 aromatic rings. The van der Waals surface area contributed by atoms with Crippen molar-refractivity contribution in [3.8, 4) is 11.4 Å². The predicted molar refractivity (Wildman–Crippen MR) is 63.4 cm³/mol. The van der Waals surface area contributed by atoms with Crippen LogP contribution in [0.1, 0.15) is 5.82 Å². The number of benzene rings is 1. The zero-order valence-electron chi connectivity index (χ0n) is 9.87. The maximum Gasteiger partial charge on any atom is 0.451 e. The summed E-state index contributed by atoms with van der Waals surface area (Å²) in [5.41, 5.74) is 0.403. The maximum atomic E-state index is 12.8. The molecule has 1 aromatic heterocycles. The van der Waals surface area contributed by atoms with Crippen LogP contribution < -0.4 is 0 Å². The molecule has 2 rings (SSSR count). The molecule has 0 aliphatic carbocycles. The fourth-order valence-electron chi connectivity index (χ4n) is 1.46. The number of halogens is 3. The number of aromatic nitrogens is 3. The molecule has 8 heteroatoms. The van der Waals surface area contributed by atoms with E-state index in [4.69, 9.17) is 5.11 Å². The number of rotatable bonds is 3. The second kappa shape index (κ2) is 5.16. The second-order valence-electron chi connectivity index (χ2n) is 3.72. The van der Waals surface area contributed by atoms with Crippen molar-refractivity contribution in [2.24, 2.45) is 0 Å². The highest BCUT2D eigenvalue weighted by Gasteiger charge is 2.37. The Morgan fingerprint density at radius 2 is 1.90 bits per heavy atom. The molecular weight excluding hydrogens is 275 g/mol. The van der Waals surface area contributed by atoms with Crippen molar-refractivity contribution in [3.05, 3.63) is 42.2 Å². The van der Waals surface area contributed by atoms with Gasteiger partial charge in [-0.3, -0.25) is 0 Å². The summed E-state index contributed by atoms with van der Waals surface area (Å²) in [6.45, 7) is 0. The first-order valence-electron chi connectivity index (χ1n) is 5.38. The molecule has 0 spiro atoms. The Balaban J connectivity index is 2.50. The smallest absolute Gasteiger partial charge is 0.451 e. The van der Waals surface area contributed by atoms with E-state index in [-0.39, 0.29) is 5.82 Å². The first kappa shape index (κ1) is 13.8. The summed E-state index contributed by atoms with van der Waals surface area (Å²) in [6, 6.07) is 8.09. The van der Waals surface area contributed by atoms with Gasteiger partial charge in [-0.1, -0.05) is 30.3 Å². The summed E-state index contributed by atoms with van der Waals surface area (Å²) in [7, 11) is 0. The van der Waals surface area contributed by atoms with Crippen LogP contribution in [0.3, 0.4) is 0 Å². The minimum Gasteiger partial charge on any atom is -0.478 e. The third-order valence-electron chi connectivity index (χ3n) is 2.28. The van der Waals surface area contributed by atoms with Crippen molar-refractivity contribution < 1.29 is 23.1 Å². The van der Waals surface area contributed by atoms with E-state index < -0.39 is 18.0 Å². The SMILES string of the molecule is O=C(O)C=Cn1nc(-c2ccccc2)nc1C(F)(F)F. The Morgan fingerprint density at radius 1 is 1.25 bits per heavy atom. The van der Waals surface area contributed by atoms with E-state index in [1.807, 2.05) is 0 Å². The molecule has 0 aliphatic heterocycles. The van der Waals surface area contributed by atoms with E-state index in [9.17, 15) is 18.0 Å². The summed E-state index contributed by atoms with van der Waals surface area (Å²) < 4.78 is 38.8. The fourth-order valence-corrected chi connectivity index (χ4v) is 1.46. The molecule has 20 heavy (non-hydrogen) atoms. The van der Waals surface area contributed by atoms with E-state index in [0.717, 1.165) is 0 Å². The molecule has 0 radical (unpaired) electrons. The number of alkyl halides is 3. The number of hydrogen-bond donors (Lipinski definition) is 1. The highest BCUT2D eigenvalue weighted by Crippen LogP contribution is 2.29. The zero-order chi connectivity index (χ0) is 14.8. The molecule has 0 fully saturated rings. The largest absolute Gasteiger partial charge is 0.478 e. The zero-order valence-corrected chi connectivity index (χ0v) is 9.87. The quantitative estimate of drug-likeness (QED) is 0.879. The maximum absolute atomic E-state index is 12.8. The third kappa shape index (κ3) is 3.02. The van der Waals surface area contributed by atoms with Gasteiger partial charge in [0.2, 0.25) is 5.82 Å². The molecule has 0 aliphatic rings. The van der Waals surface area contributed by atoms with Crippen LogP contribution in [0.5, 0.6) is 0 Å². The molecule has 0 amide bonds. The molecule has 1 N–H and O–H groups in total.